The molecule has 256 valence electrons. The summed E-state index contributed by atoms with van der Waals surface area (Å²) < 4.78 is 251. The number of aliphatic carboxylic acids is 2. The lowest BCUT2D eigenvalue weighted by atomic mass is 9.91. The second kappa shape index (κ2) is 11.5. The van der Waals surface area contributed by atoms with Crippen LogP contribution in [0.2, 0.25) is 0 Å². The van der Waals surface area contributed by atoms with Crippen LogP contribution in [-0.4, -0.2) is 127 Å². The standard InChI is InChI=1S/C17H17F17N2O6S/c1-36(2,7-9(39)40)5-3-4-35(6-8(37)38)43(41,42)17(33,34)15(28,29)13(24,25)11(20,21)10(18,19)12(22,23)14(26,27)16(30,31)32/h3-7H2,1-2H3,(H-,37,38,39,40)/p+1. The molecule has 0 aliphatic rings. The van der Waals surface area contributed by atoms with Crippen molar-refractivity contribution >= 4 is 22.0 Å². The molecule has 0 saturated carbocycles. The Kier molecular flexibility index (Phi) is 10.9. The maximum atomic E-state index is 14.4. The van der Waals surface area contributed by atoms with Gasteiger partial charge in [-0.25, -0.2) is 13.2 Å². The van der Waals surface area contributed by atoms with Gasteiger partial charge in [0.15, 0.2) is 6.54 Å². The van der Waals surface area contributed by atoms with E-state index in [1.807, 2.05) is 0 Å². The predicted octanol–water partition coefficient (Wildman–Crippen LogP) is 4.22. The van der Waals surface area contributed by atoms with Gasteiger partial charge in [0.25, 0.3) is 10.0 Å². The smallest absolute Gasteiger partial charge is 0.460 e. The molecule has 0 heterocycles. The van der Waals surface area contributed by atoms with Crippen LogP contribution in [0.15, 0.2) is 0 Å². The largest absolute Gasteiger partial charge is 0.480 e. The zero-order valence-corrected chi connectivity index (χ0v) is 21.6. The Morgan fingerprint density at radius 1 is 0.628 bits per heavy atom. The Morgan fingerprint density at radius 3 is 1.30 bits per heavy atom. The van der Waals surface area contributed by atoms with Gasteiger partial charge in [-0.2, -0.15) is 78.9 Å². The number of likely N-dealkylation sites (N-methyl/N-ethyl adjacent to an activating group) is 1. The van der Waals surface area contributed by atoms with Crippen molar-refractivity contribution in [2.24, 2.45) is 0 Å². The zero-order chi connectivity index (χ0) is 35.3. The highest BCUT2D eigenvalue weighted by molar-refractivity contribution is 7.90. The number of carboxylic acids is 2. The molecular weight excluding hydrogens is 683 g/mol. The van der Waals surface area contributed by atoms with Crippen LogP contribution in [0.1, 0.15) is 6.42 Å². The monoisotopic (exact) mass is 701 g/mol. The number of quaternary nitrogens is 1. The van der Waals surface area contributed by atoms with Gasteiger partial charge < -0.3 is 14.7 Å². The van der Waals surface area contributed by atoms with Gasteiger partial charge in [-0.3, -0.25) is 4.79 Å². The molecule has 0 aromatic heterocycles. The summed E-state index contributed by atoms with van der Waals surface area (Å²) in [7, 11) is -5.67. The summed E-state index contributed by atoms with van der Waals surface area (Å²) in [4.78, 5) is 21.6. The van der Waals surface area contributed by atoms with E-state index >= 15 is 0 Å². The van der Waals surface area contributed by atoms with Gasteiger partial charge in [-0.15, -0.1) is 0 Å². The maximum Gasteiger partial charge on any atom is 0.460 e. The number of sulfonamides is 1. The Labute approximate surface area is 228 Å². The number of carboxylic acid groups (broad SMARTS) is 2. The van der Waals surface area contributed by atoms with E-state index in [0.717, 1.165) is 14.1 Å². The lowest BCUT2D eigenvalue weighted by Crippen LogP contribution is -2.75. The van der Waals surface area contributed by atoms with Crippen LogP contribution in [-0.2, 0) is 19.6 Å². The van der Waals surface area contributed by atoms with Crippen LogP contribution >= 0.6 is 0 Å². The lowest BCUT2D eigenvalue weighted by molar-refractivity contribution is -0.883. The Hall–Kier alpha value is -2.38. The van der Waals surface area contributed by atoms with Crippen LogP contribution < -0.4 is 0 Å². The molecule has 43 heavy (non-hydrogen) atoms. The molecular formula is C17H18F17N2O6S+. The minimum Gasteiger partial charge on any atom is -0.480 e. The first-order chi connectivity index (χ1) is 18.4. The number of rotatable bonds is 16. The second-order valence-corrected chi connectivity index (χ2v) is 11.2. The van der Waals surface area contributed by atoms with E-state index < -0.39 is 110 Å². The molecule has 0 rings (SSSR count). The molecule has 0 spiro atoms. The minimum absolute atomic E-state index is 0.650. The molecule has 0 aromatic carbocycles. The molecule has 0 radical (unpaired) electrons. The Bertz CT molecular complexity index is 1150. The van der Waals surface area contributed by atoms with E-state index in [-0.39, 0.29) is 0 Å². The number of nitrogens with zero attached hydrogens (tertiary/aromatic N) is 2. The van der Waals surface area contributed by atoms with Crippen molar-refractivity contribution < 1.29 is 107 Å². The number of alkyl halides is 17. The molecule has 0 fully saturated rings. The number of carbonyl (C=O) groups is 2. The predicted molar refractivity (Wildman–Crippen MR) is 103 cm³/mol. The first kappa shape index (κ1) is 40.6. The van der Waals surface area contributed by atoms with Crippen LogP contribution in [0.5, 0.6) is 0 Å². The molecule has 0 bridgehead atoms. The minimum atomic E-state index is -9.02. The van der Waals surface area contributed by atoms with Crippen molar-refractivity contribution in [2.75, 3.05) is 40.3 Å². The molecule has 8 nitrogen and oxygen atoms in total. The summed E-state index contributed by atoms with van der Waals surface area (Å²) in [6, 6.07) is 0. The lowest BCUT2D eigenvalue weighted by Gasteiger charge is -2.43. The van der Waals surface area contributed by atoms with Crippen LogP contribution in [0.25, 0.3) is 0 Å². The van der Waals surface area contributed by atoms with E-state index in [9.17, 15) is 92.6 Å². The molecule has 0 amide bonds. The van der Waals surface area contributed by atoms with Gasteiger partial charge in [0, 0.05) is 13.0 Å². The van der Waals surface area contributed by atoms with Crippen LogP contribution in [0, 0.1) is 0 Å². The molecule has 0 saturated heterocycles. The van der Waals surface area contributed by atoms with E-state index in [1.165, 1.54) is 0 Å². The van der Waals surface area contributed by atoms with Gasteiger partial charge in [0.2, 0.25) is 0 Å². The number of halogens is 17. The third-order valence-electron chi connectivity index (χ3n) is 5.40. The molecule has 0 unspecified atom stereocenters. The summed E-state index contributed by atoms with van der Waals surface area (Å²) in [5, 5.41) is 9.51. The Balaban J connectivity index is 6.91. The molecule has 0 aliphatic heterocycles. The average molecular weight is 701 g/mol. The Morgan fingerprint density at radius 2 is 0.977 bits per heavy atom. The van der Waals surface area contributed by atoms with E-state index in [0.29, 0.717) is 0 Å². The molecule has 26 heteroatoms. The van der Waals surface area contributed by atoms with Gasteiger partial charge in [0.1, 0.15) is 6.54 Å². The van der Waals surface area contributed by atoms with Crippen LogP contribution in [0.4, 0.5) is 74.6 Å². The molecule has 0 aromatic rings. The third-order valence-corrected chi connectivity index (χ3v) is 7.30. The van der Waals surface area contributed by atoms with E-state index in [4.69, 9.17) is 10.2 Å². The third kappa shape index (κ3) is 6.68. The van der Waals surface area contributed by atoms with Crippen molar-refractivity contribution in [1.29, 1.82) is 0 Å². The molecule has 0 aliphatic carbocycles. The summed E-state index contributed by atoms with van der Waals surface area (Å²) in [5.74, 6) is -56.7. The van der Waals surface area contributed by atoms with Gasteiger partial charge in [-0.05, 0) is 0 Å². The van der Waals surface area contributed by atoms with Crippen molar-refractivity contribution in [3.8, 4) is 0 Å². The average Bonchev–Trinajstić information content (AvgIpc) is 2.75. The highest BCUT2D eigenvalue weighted by Gasteiger charge is 2.96. The second-order valence-electron chi connectivity index (χ2n) is 9.26. The number of hydrogen-bond acceptors (Lipinski definition) is 4. The quantitative estimate of drug-likeness (QED) is 0.184. The van der Waals surface area contributed by atoms with Crippen molar-refractivity contribution in [2.45, 2.75) is 53.4 Å². The number of hydrogen-bond donors (Lipinski definition) is 2. The fraction of sp³-hybridized carbons (Fsp3) is 0.882. The topological polar surface area (TPSA) is 112 Å². The summed E-state index contributed by atoms with van der Waals surface area (Å²) >= 11 is 0. The van der Waals surface area contributed by atoms with E-state index in [1.54, 1.807) is 0 Å². The van der Waals surface area contributed by atoms with Gasteiger partial charge in [-0.1, -0.05) is 0 Å². The van der Waals surface area contributed by atoms with Crippen LogP contribution in [0.3, 0.4) is 0 Å². The van der Waals surface area contributed by atoms with Gasteiger partial charge >= 0.3 is 58.9 Å². The normalized spacial score (nSPS) is 15.6. The highest BCUT2D eigenvalue weighted by Crippen LogP contribution is 2.64. The summed E-state index contributed by atoms with van der Waals surface area (Å²) in [6.45, 7) is -5.58. The SMILES string of the molecule is C[N+](C)(CCCN(CC(=O)O)S(=O)(=O)C(F)(F)C(F)(F)C(F)(F)C(F)(F)C(F)(F)C(F)(F)C(F)(F)C(F)(F)F)CC(=O)O. The van der Waals surface area contributed by atoms with E-state index in [2.05, 4.69) is 0 Å². The van der Waals surface area contributed by atoms with Crippen molar-refractivity contribution in [1.82, 2.24) is 4.31 Å². The first-order valence-electron chi connectivity index (χ1n) is 10.4. The fourth-order valence-electron chi connectivity index (χ4n) is 3.03. The van der Waals surface area contributed by atoms with Crippen molar-refractivity contribution in [3.05, 3.63) is 0 Å². The van der Waals surface area contributed by atoms with Crippen molar-refractivity contribution in [3.63, 3.8) is 0 Å². The maximum absolute atomic E-state index is 14.4. The fourth-order valence-corrected chi connectivity index (χ4v) is 4.46. The first-order valence-corrected chi connectivity index (χ1v) is 11.8. The van der Waals surface area contributed by atoms with Gasteiger partial charge in [0.05, 0.1) is 20.6 Å². The summed E-state index contributed by atoms with van der Waals surface area (Å²) in [5.41, 5.74) is 0. The summed E-state index contributed by atoms with van der Waals surface area (Å²) in [6.07, 6.45) is -8.95. The zero-order valence-electron chi connectivity index (χ0n) is 20.8. The molecule has 0 atom stereocenters. The highest BCUT2D eigenvalue weighted by atomic mass is 32.2. The molecule has 2 N–H and O–H groups in total.